The molecule has 3 aliphatic rings. The Bertz CT molecular complexity index is 977. The van der Waals surface area contributed by atoms with Crippen LogP contribution in [0.5, 0.6) is 0 Å². The molecule has 142 valence electrons. The van der Waals surface area contributed by atoms with Crippen LogP contribution in [0.3, 0.4) is 0 Å². The molecule has 1 aromatic carbocycles. The van der Waals surface area contributed by atoms with Crippen LogP contribution in [0.15, 0.2) is 18.2 Å². The van der Waals surface area contributed by atoms with E-state index < -0.39 is 46.2 Å². The summed E-state index contributed by atoms with van der Waals surface area (Å²) in [6, 6.07) is 8.53. The van der Waals surface area contributed by atoms with Gasteiger partial charge in [-0.1, -0.05) is 18.9 Å². The molecule has 0 aromatic heterocycles. The predicted octanol–water partition coefficient (Wildman–Crippen LogP) is 3.86. The zero-order valence-electron chi connectivity index (χ0n) is 14.8. The van der Waals surface area contributed by atoms with Crippen LogP contribution in [0.25, 0.3) is 0 Å². The Morgan fingerprint density at radius 2 is 1.82 bits per heavy atom. The van der Waals surface area contributed by atoms with Gasteiger partial charge in [0.15, 0.2) is 5.41 Å². The summed E-state index contributed by atoms with van der Waals surface area (Å²) in [7, 11) is 0. The Labute approximate surface area is 160 Å². The van der Waals surface area contributed by atoms with Crippen molar-refractivity contribution in [2.45, 2.75) is 44.0 Å². The molecule has 6 nitrogen and oxygen atoms in total. The lowest BCUT2D eigenvalue weighted by atomic mass is 9.52. The lowest BCUT2D eigenvalue weighted by molar-refractivity contribution is -0.285. The van der Waals surface area contributed by atoms with Gasteiger partial charge in [0.1, 0.15) is 17.7 Å². The number of benzene rings is 1. The second kappa shape index (κ2) is 5.99. The average molecular weight is 382 g/mol. The van der Waals surface area contributed by atoms with Crippen molar-refractivity contribution in [3.8, 4) is 18.2 Å². The predicted molar refractivity (Wildman–Crippen MR) is 90.0 cm³/mol. The fourth-order valence-electron chi connectivity index (χ4n) is 5.03. The van der Waals surface area contributed by atoms with Crippen molar-refractivity contribution in [2.75, 3.05) is 0 Å². The molecule has 3 fully saturated rings. The van der Waals surface area contributed by atoms with Crippen molar-refractivity contribution >= 4 is 5.90 Å². The molecule has 0 spiro atoms. The van der Waals surface area contributed by atoms with Crippen molar-refractivity contribution in [1.82, 2.24) is 0 Å². The standard InChI is InChI=1S/C20H16F2N4O2/c21-12-5-6-13(14(22)8-12)16-18(9-23,10-24)19(11-25)15-4-2-1-3-7-20(15,27-16)28-17(19)26/h5-6,8,15-16,26H,1-4,7H2. The Kier molecular flexibility index (Phi) is 3.93. The lowest BCUT2D eigenvalue weighted by Crippen LogP contribution is -2.59. The van der Waals surface area contributed by atoms with Gasteiger partial charge in [-0.2, -0.15) is 15.8 Å². The Morgan fingerprint density at radius 1 is 1.07 bits per heavy atom. The SMILES string of the molecule is N#CC1(C#N)C(c2ccc(F)cc2F)OC23CCCCCC2C1(C#N)C(=N)O3. The van der Waals surface area contributed by atoms with Gasteiger partial charge in [-0.05, 0) is 18.9 Å². The number of rotatable bonds is 1. The maximum Gasteiger partial charge on any atom is 0.217 e. The van der Waals surface area contributed by atoms with Gasteiger partial charge in [0.25, 0.3) is 0 Å². The van der Waals surface area contributed by atoms with E-state index in [0.29, 0.717) is 25.3 Å². The molecule has 1 N–H and O–H groups in total. The van der Waals surface area contributed by atoms with Crippen molar-refractivity contribution in [2.24, 2.45) is 16.7 Å². The van der Waals surface area contributed by atoms with E-state index in [1.807, 2.05) is 18.2 Å². The number of nitrogens with one attached hydrogen (secondary N) is 1. The number of hydrogen-bond acceptors (Lipinski definition) is 6. The Morgan fingerprint density at radius 3 is 2.46 bits per heavy atom. The molecule has 4 unspecified atom stereocenters. The van der Waals surface area contributed by atoms with Crippen molar-refractivity contribution in [1.29, 1.82) is 21.2 Å². The molecule has 4 rings (SSSR count). The maximum atomic E-state index is 14.6. The zero-order valence-corrected chi connectivity index (χ0v) is 14.8. The molecule has 2 heterocycles. The first-order chi connectivity index (χ1) is 13.4. The third-order valence-corrected chi connectivity index (χ3v) is 6.31. The number of nitriles is 3. The Hall–Kier alpha value is -3.02. The average Bonchev–Trinajstić information content (AvgIpc) is 2.80. The Balaban J connectivity index is 2.02. The number of hydrogen-bond donors (Lipinski definition) is 1. The normalized spacial score (nSPS) is 35.5. The van der Waals surface area contributed by atoms with Gasteiger partial charge in [0, 0.05) is 18.1 Å². The molecule has 1 aliphatic carbocycles. The molecule has 2 aliphatic heterocycles. The van der Waals surface area contributed by atoms with E-state index >= 15 is 0 Å². The minimum atomic E-state index is -2.22. The summed E-state index contributed by atoms with van der Waals surface area (Å²) in [6.07, 6.45) is 1.59. The van der Waals surface area contributed by atoms with Gasteiger partial charge < -0.3 is 9.47 Å². The molecule has 28 heavy (non-hydrogen) atoms. The quantitative estimate of drug-likeness (QED) is 0.792. The van der Waals surface area contributed by atoms with Gasteiger partial charge in [0.2, 0.25) is 17.1 Å². The molecule has 1 saturated carbocycles. The molecular weight excluding hydrogens is 366 g/mol. The smallest absolute Gasteiger partial charge is 0.217 e. The summed E-state index contributed by atoms with van der Waals surface area (Å²) in [6.45, 7) is 0. The van der Waals surface area contributed by atoms with E-state index in [1.165, 1.54) is 0 Å². The highest BCUT2D eigenvalue weighted by Crippen LogP contribution is 2.69. The van der Waals surface area contributed by atoms with E-state index in [9.17, 15) is 24.6 Å². The molecule has 0 radical (unpaired) electrons. The van der Waals surface area contributed by atoms with Gasteiger partial charge in [-0.15, -0.1) is 0 Å². The van der Waals surface area contributed by atoms with E-state index in [2.05, 4.69) is 0 Å². The zero-order chi connectivity index (χ0) is 20.2. The van der Waals surface area contributed by atoms with Gasteiger partial charge in [-0.25, -0.2) is 8.78 Å². The van der Waals surface area contributed by atoms with Crippen LogP contribution < -0.4 is 0 Å². The third-order valence-electron chi connectivity index (χ3n) is 6.31. The number of halogens is 2. The highest BCUT2D eigenvalue weighted by atomic mass is 19.1. The number of nitrogens with zero attached hydrogens (tertiary/aromatic N) is 3. The monoisotopic (exact) mass is 382 g/mol. The molecule has 0 amide bonds. The molecular formula is C20H16F2N4O2. The summed E-state index contributed by atoms with van der Waals surface area (Å²) >= 11 is 0. The van der Waals surface area contributed by atoms with Gasteiger partial charge in [0.05, 0.1) is 24.1 Å². The summed E-state index contributed by atoms with van der Waals surface area (Å²) in [5.41, 5.74) is -4.32. The number of ether oxygens (including phenoxy) is 2. The van der Waals surface area contributed by atoms with Crippen molar-refractivity contribution in [3.05, 3.63) is 35.4 Å². The van der Waals surface area contributed by atoms with Crippen LogP contribution in [0.2, 0.25) is 0 Å². The topological polar surface area (TPSA) is 114 Å². The summed E-state index contributed by atoms with van der Waals surface area (Å²) in [5.74, 6) is -4.37. The van der Waals surface area contributed by atoms with E-state index in [0.717, 1.165) is 25.0 Å². The minimum Gasteiger partial charge on any atom is -0.447 e. The molecule has 8 heteroatoms. The van der Waals surface area contributed by atoms with Gasteiger partial charge in [-0.3, -0.25) is 5.41 Å². The summed E-state index contributed by atoms with van der Waals surface area (Å²) in [5, 5.41) is 38.7. The highest BCUT2D eigenvalue weighted by molar-refractivity contribution is 5.89. The summed E-state index contributed by atoms with van der Waals surface area (Å²) < 4.78 is 40.0. The van der Waals surface area contributed by atoms with E-state index in [4.69, 9.17) is 14.9 Å². The van der Waals surface area contributed by atoms with Crippen molar-refractivity contribution in [3.63, 3.8) is 0 Å². The molecule has 2 saturated heterocycles. The van der Waals surface area contributed by atoms with Crippen LogP contribution in [-0.4, -0.2) is 11.7 Å². The third kappa shape index (κ3) is 1.97. The first-order valence-corrected chi connectivity index (χ1v) is 9.05. The van der Waals surface area contributed by atoms with Gasteiger partial charge >= 0.3 is 0 Å². The van der Waals surface area contributed by atoms with Crippen LogP contribution in [0.1, 0.15) is 43.8 Å². The molecule has 4 atom stereocenters. The summed E-state index contributed by atoms with van der Waals surface area (Å²) in [4.78, 5) is 0. The first kappa shape index (κ1) is 18.3. The second-order valence-corrected chi connectivity index (χ2v) is 7.51. The molecule has 2 bridgehead atoms. The van der Waals surface area contributed by atoms with Crippen LogP contribution in [-0.2, 0) is 9.47 Å². The fourth-order valence-corrected chi connectivity index (χ4v) is 5.03. The van der Waals surface area contributed by atoms with Crippen LogP contribution in [0.4, 0.5) is 8.78 Å². The minimum absolute atomic E-state index is 0.204. The maximum absolute atomic E-state index is 14.6. The lowest BCUT2D eigenvalue weighted by Gasteiger charge is -2.49. The second-order valence-electron chi connectivity index (χ2n) is 7.51. The van der Waals surface area contributed by atoms with Crippen LogP contribution in [0, 0.1) is 67.8 Å². The highest BCUT2D eigenvalue weighted by Gasteiger charge is 2.80. The first-order valence-electron chi connectivity index (χ1n) is 9.05. The van der Waals surface area contributed by atoms with E-state index in [1.54, 1.807) is 0 Å². The fraction of sp³-hybridized carbons (Fsp3) is 0.500. The van der Waals surface area contributed by atoms with Crippen molar-refractivity contribution < 1.29 is 18.3 Å². The molecule has 1 aromatic rings. The largest absolute Gasteiger partial charge is 0.447 e. The van der Waals surface area contributed by atoms with Crippen LogP contribution >= 0.6 is 0 Å². The van der Waals surface area contributed by atoms with E-state index in [-0.39, 0.29) is 5.56 Å².